The first-order valence-corrected chi connectivity index (χ1v) is 3.43. The second kappa shape index (κ2) is 3.30. The number of nitroso groups, excluding NO2 is 1. The highest BCUT2D eigenvalue weighted by atomic mass is 19.1. The van der Waals surface area contributed by atoms with Crippen molar-refractivity contribution >= 4 is 11.7 Å². The third kappa shape index (κ3) is 1.69. The molecule has 0 amide bonds. The SMILES string of the molecule is Cc1c(F)cc(N=O)cc1C(=O)O. The Hall–Kier alpha value is -1.78. The highest BCUT2D eigenvalue weighted by Gasteiger charge is 2.12. The molecule has 0 radical (unpaired) electrons. The maximum atomic E-state index is 12.9. The van der Waals surface area contributed by atoms with Gasteiger partial charge in [-0.15, -0.1) is 4.91 Å². The third-order valence-electron chi connectivity index (χ3n) is 1.66. The van der Waals surface area contributed by atoms with Gasteiger partial charge in [0, 0.05) is 6.07 Å². The molecule has 13 heavy (non-hydrogen) atoms. The van der Waals surface area contributed by atoms with Crippen molar-refractivity contribution in [1.82, 2.24) is 0 Å². The summed E-state index contributed by atoms with van der Waals surface area (Å²) in [4.78, 5) is 20.6. The van der Waals surface area contributed by atoms with Crippen LogP contribution in [0.25, 0.3) is 0 Å². The van der Waals surface area contributed by atoms with E-state index in [9.17, 15) is 14.1 Å². The molecule has 1 N–H and O–H groups in total. The molecule has 0 atom stereocenters. The van der Waals surface area contributed by atoms with Crippen LogP contribution < -0.4 is 0 Å². The largest absolute Gasteiger partial charge is 0.478 e. The number of halogens is 1. The van der Waals surface area contributed by atoms with Crippen molar-refractivity contribution in [3.63, 3.8) is 0 Å². The molecule has 68 valence electrons. The van der Waals surface area contributed by atoms with Gasteiger partial charge in [0.2, 0.25) is 0 Å². The molecule has 0 saturated heterocycles. The number of hydrogen-bond donors (Lipinski definition) is 1. The molecule has 1 aromatic carbocycles. The molecule has 0 aromatic heterocycles. The van der Waals surface area contributed by atoms with Crippen molar-refractivity contribution in [2.24, 2.45) is 5.18 Å². The minimum absolute atomic E-state index is 0.0000926. The molecule has 0 unspecified atom stereocenters. The second-order valence-corrected chi connectivity index (χ2v) is 2.50. The molecule has 0 heterocycles. The van der Waals surface area contributed by atoms with Gasteiger partial charge in [-0.05, 0) is 23.7 Å². The van der Waals surface area contributed by atoms with Gasteiger partial charge < -0.3 is 5.11 Å². The van der Waals surface area contributed by atoms with E-state index in [1.54, 1.807) is 0 Å². The Kier molecular flexibility index (Phi) is 2.36. The van der Waals surface area contributed by atoms with E-state index in [1.165, 1.54) is 6.92 Å². The summed E-state index contributed by atoms with van der Waals surface area (Å²) in [6, 6.07) is 1.93. The summed E-state index contributed by atoms with van der Waals surface area (Å²) in [5.74, 6) is -2.02. The lowest BCUT2D eigenvalue weighted by Gasteiger charge is -2.01. The van der Waals surface area contributed by atoms with Crippen molar-refractivity contribution in [2.75, 3.05) is 0 Å². The molecule has 0 spiro atoms. The maximum Gasteiger partial charge on any atom is 0.336 e. The molecular weight excluding hydrogens is 177 g/mol. The van der Waals surface area contributed by atoms with Crippen LogP contribution in [-0.4, -0.2) is 11.1 Å². The Morgan fingerprint density at radius 2 is 2.15 bits per heavy atom. The zero-order chi connectivity index (χ0) is 10.0. The van der Waals surface area contributed by atoms with Crippen LogP contribution in [0.4, 0.5) is 10.1 Å². The predicted molar refractivity (Wildman–Crippen MR) is 43.6 cm³/mol. The first-order valence-electron chi connectivity index (χ1n) is 3.43. The van der Waals surface area contributed by atoms with Crippen LogP contribution in [-0.2, 0) is 0 Å². The highest BCUT2D eigenvalue weighted by molar-refractivity contribution is 5.90. The molecule has 0 bridgehead atoms. The summed E-state index contributed by atoms with van der Waals surface area (Å²) in [7, 11) is 0. The van der Waals surface area contributed by atoms with Crippen LogP contribution in [0.3, 0.4) is 0 Å². The zero-order valence-electron chi connectivity index (χ0n) is 6.74. The Balaban J connectivity index is 3.41. The lowest BCUT2D eigenvalue weighted by molar-refractivity contribution is 0.0695. The predicted octanol–water partition coefficient (Wildman–Crippen LogP) is 2.23. The number of carboxylic acid groups (broad SMARTS) is 1. The molecule has 0 aliphatic heterocycles. The highest BCUT2D eigenvalue weighted by Crippen LogP contribution is 2.21. The smallest absolute Gasteiger partial charge is 0.336 e. The van der Waals surface area contributed by atoms with Crippen LogP contribution in [0.1, 0.15) is 15.9 Å². The van der Waals surface area contributed by atoms with E-state index in [2.05, 4.69) is 5.18 Å². The van der Waals surface area contributed by atoms with E-state index < -0.39 is 11.8 Å². The first-order chi connectivity index (χ1) is 6.06. The minimum atomic E-state index is -1.28. The van der Waals surface area contributed by atoms with E-state index in [0.717, 1.165) is 12.1 Å². The number of rotatable bonds is 2. The topological polar surface area (TPSA) is 66.7 Å². The molecular formula is C8H6FNO3. The fraction of sp³-hybridized carbons (Fsp3) is 0.125. The zero-order valence-corrected chi connectivity index (χ0v) is 6.74. The van der Waals surface area contributed by atoms with Gasteiger partial charge in [0.25, 0.3) is 0 Å². The standard InChI is InChI=1S/C8H6FNO3/c1-4-6(8(11)12)2-5(10-13)3-7(4)9/h2-3H,1H3,(H,11,12). The fourth-order valence-electron chi connectivity index (χ4n) is 0.939. The second-order valence-electron chi connectivity index (χ2n) is 2.50. The van der Waals surface area contributed by atoms with E-state index >= 15 is 0 Å². The summed E-state index contributed by atoms with van der Waals surface area (Å²) in [6.45, 7) is 1.33. The third-order valence-corrected chi connectivity index (χ3v) is 1.66. The van der Waals surface area contributed by atoms with Gasteiger partial charge in [-0.1, -0.05) is 0 Å². The minimum Gasteiger partial charge on any atom is -0.478 e. The molecule has 0 fully saturated rings. The van der Waals surface area contributed by atoms with Crippen LogP contribution in [0.15, 0.2) is 17.3 Å². The van der Waals surface area contributed by atoms with E-state index in [1.807, 2.05) is 0 Å². The number of nitrogens with zero attached hydrogens (tertiary/aromatic N) is 1. The Bertz CT molecular complexity index is 376. The maximum absolute atomic E-state index is 12.9. The first kappa shape index (κ1) is 9.31. The normalized spacial score (nSPS) is 9.69. The lowest BCUT2D eigenvalue weighted by Crippen LogP contribution is -2.01. The summed E-state index contributed by atoms with van der Waals surface area (Å²) in [6.07, 6.45) is 0. The fourth-order valence-corrected chi connectivity index (χ4v) is 0.939. The van der Waals surface area contributed by atoms with Gasteiger partial charge >= 0.3 is 5.97 Å². The van der Waals surface area contributed by atoms with E-state index in [0.29, 0.717) is 0 Å². The van der Waals surface area contributed by atoms with Crippen molar-refractivity contribution < 1.29 is 14.3 Å². The van der Waals surface area contributed by atoms with Crippen LogP contribution >= 0.6 is 0 Å². The van der Waals surface area contributed by atoms with Gasteiger partial charge in [-0.25, -0.2) is 9.18 Å². The number of carboxylic acids is 1. The summed E-state index contributed by atoms with van der Waals surface area (Å²) in [5, 5.41) is 11.1. The van der Waals surface area contributed by atoms with E-state index in [4.69, 9.17) is 5.11 Å². The van der Waals surface area contributed by atoms with E-state index in [-0.39, 0.29) is 16.8 Å². The summed E-state index contributed by atoms with van der Waals surface area (Å²) in [5.41, 5.74) is -0.463. The molecule has 1 rings (SSSR count). The molecule has 1 aromatic rings. The van der Waals surface area contributed by atoms with Crippen LogP contribution in [0.2, 0.25) is 0 Å². The Morgan fingerprint density at radius 3 is 2.62 bits per heavy atom. The molecule has 0 aliphatic carbocycles. The number of aromatic carboxylic acids is 1. The summed E-state index contributed by atoms with van der Waals surface area (Å²) >= 11 is 0. The van der Waals surface area contributed by atoms with Crippen LogP contribution in [0, 0.1) is 17.6 Å². The quantitative estimate of drug-likeness (QED) is 0.715. The van der Waals surface area contributed by atoms with Crippen molar-refractivity contribution in [3.05, 3.63) is 34.0 Å². The van der Waals surface area contributed by atoms with Crippen molar-refractivity contribution in [3.8, 4) is 0 Å². The molecule has 0 saturated carbocycles. The van der Waals surface area contributed by atoms with Gasteiger partial charge in [0.1, 0.15) is 11.5 Å². The summed E-state index contributed by atoms with van der Waals surface area (Å²) < 4.78 is 12.9. The molecule has 5 heteroatoms. The van der Waals surface area contributed by atoms with Gasteiger partial charge in [-0.2, -0.15) is 0 Å². The van der Waals surface area contributed by atoms with Gasteiger partial charge in [0.15, 0.2) is 0 Å². The molecule has 0 aliphatic rings. The van der Waals surface area contributed by atoms with Gasteiger partial charge in [-0.3, -0.25) is 0 Å². The van der Waals surface area contributed by atoms with Gasteiger partial charge in [0.05, 0.1) is 5.56 Å². The average Bonchev–Trinajstić information content (AvgIpc) is 2.09. The number of hydrogen-bond acceptors (Lipinski definition) is 3. The Morgan fingerprint density at radius 1 is 1.54 bits per heavy atom. The molecule has 4 nitrogen and oxygen atoms in total. The van der Waals surface area contributed by atoms with Crippen molar-refractivity contribution in [2.45, 2.75) is 6.92 Å². The van der Waals surface area contributed by atoms with Crippen molar-refractivity contribution in [1.29, 1.82) is 0 Å². The van der Waals surface area contributed by atoms with Crippen LogP contribution in [0.5, 0.6) is 0 Å². The Labute approximate surface area is 73.0 Å². The average molecular weight is 183 g/mol. The lowest BCUT2D eigenvalue weighted by atomic mass is 10.1. The number of carbonyl (C=O) groups is 1. The number of benzene rings is 1. The monoisotopic (exact) mass is 183 g/mol.